The van der Waals surface area contributed by atoms with Gasteiger partial charge in [-0.25, -0.2) is 13.4 Å². The Bertz CT molecular complexity index is 828. The fourth-order valence-corrected chi connectivity index (χ4v) is 4.29. The van der Waals surface area contributed by atoms with Crippen LogP contribution in [-0.2, 0) is 14.8 Å². The fraction of sp³-hybridized carbons (Fsp3) is 0.200. The van der Waals surface area contributed by atoms with Crippen LogP contribution in [0.3, 0.4) is 0 Å². The van der Waals surface area contributed by atoms with Gasteiger partial charge in [-0.05, 0) is 12.1 Å². The zero-order valence-corrected chi connectivity index (χ0v) is 13.1. The van der Waals surface area contributed by atoms with Gasteiger partial charge in [0.15, 0.2) is 5.70 Å². The van der Waals surface area contributed by atoms with Gasteiger partial charge in [0.1, 0.15) is 16.8 Å². The molecule has 1 aliphatic carbocycles. The van der Waals surface area contributed by atoms with Crippen molar-refractivity contribution in [1.29, 1.82) is 0 Å². The van der Waals surface area contributed by atoms with E-state index in [-0.39, 0.29) is 17.3 Å². The topological polar surface area (TPSA) is 99.6 Å². The molecule has 2 atom stereocenters. The van der Waals surface area contributed by atoms with Crippen molar-refractivity contribution in [3.8, 4) is 0 Å². The van der Waals surface area contributed by atoms with Crippen LogP contribution in [0.2, 0.25) is 0 Å². The Balaban J connectivity index is 2.01. The number of carbonyl (C=O) groups excluding carboxylic acids is 1. The van der Waals surface area contributed by atoms with Gasteiger partial charge in [-0.2, -0.15) is 0 Å². The number of fused-ring (bicyclic) bond motifs is 1. The van der Waals surface area contributed by atoms with Gasteiger partial charge in [0.25, 0.3) is 5.91 Å². The Hall–Kier alpha value is -2.61. The minimum Gasteiger partial charge on any atom is -0.509 e. The molecule has 1 amide bonds. The molecule has 0 aromatic carbocycles. The number of pyridine rings is 1. The highest BCUT2D eigenvalue weighted by Crippen LogP contribution is 2.36. The molecule has 23 heavy (non-hydrogen) atoms. The zero-order chi connectivity index (χ0) is 16.6. The molecule has 2 aliphatic rings. The summed E-state index contributed by atoms with van der Waals surface area (Å²) in [6.07, 6.45) is 7.82. The average Bonchev–Trinajstić information content (AvgIpc) is 2.54. The van der Waals surface area contributed by atoms with Crippen molar-refractivity contribution in [2.45, 2.75) is 5.25 Å². The molecule has 2 unspecified atom stereocenters. The Morgan fingerprint density at radius 3 is 2.74 bits per heavy atom. The smallest absolute Gasteiger partial charge is 0.277 e. The number of allylic oxidation sites excluding steroid dienone is 3. The van der Waals surface area contributed by atoms with E-state index in [2.05, 4.69) is 10.3 Å². The summed E-state index contributed by atoms with van der Waals surface area (Å²) < 4.78 is 25.9. The highest BCUT2D eigenvalue weighted by molar-refractivity contribution is 7.90. The minimum atomic E-state index is -3.79. The van der Waals surface area contributed by atoms with Crippen LogP contribution in [0, 0.1) is 5.92 Å². The Morgan fingerprint density at radius 2 is 2.04 bits per heavy atom. The monoisotopic (exact) mass is 333 g/mol. The number of hydrogen-bond acceptors (Lipinski definition) is 5. The summed E-state index contributed by atoms with van der Waals surface area (Å²) in [5.74, 6) is -1.51. The maximum atomic E-state index is 12.6. The van der Waals surface area contributed by atoms with Gasteiger partial charge in [-0.15, -0.1) is 0 Å². The summed E-state index contributed by atoms with van der Waals surface area (Å²) in [6.45, 7) is 0. The van der Waals surface area contributed by atoms with E-state index in [9.17, 15) is 18.3 Å². The zero-order valence-electron chi connectivity index (χ0n) is 12.2. The summed E-state index contributed by atoms with van der Waals surface area (Å²) in [6, 6.07) is 4.94. The number of nitrogens with one attached hydrogen (secondary N) is 1. The SMILES string of the molecule is CN1C(C(=O)Nc2ccccn2)=C(O)C2C=CC=CC2S1(=O)=O. The summed E-state index contributed by atoms with van der Waals surface area (Å²) >= 11 is 0. The molecule has 0 saturated carbocycles. The number of aromatic nitrogens is 1. The number of carbonyl (C=O) groups is 1. The van der Waals surface area contributed by atoms with E-state index in [4.69, 9.17) is 0 Å². The van der Waals surface area contributed by atoms with Gasteiger partial charge in [0.05, 0.1) is 5.92 Å². The van der Waals surface area contributed by atoms with Crippen LogP contribution in [0.5, 0.6) is 0 Å². The van der Waals surface area contributed by atoms with Crippen molar-refractivity contribution in [3.05, 3.63) is 60.2 Å². The predicted molar refractivity (Wildman–Crippen MR) is 84.8 cm³/mol. The van der Waals surface area contributed by atoms with Crippen molar-refractivity contribution < 1.29 is 18.3 Å². The molecule has 0 saturated heterocycles. The van der Waals surface area contributed by atoms with Gasteiger partial charge in [0.2, 0.25) is 10.0 Å². The van der Waals surface area contributed by atoms with Crippen molar-refractivity contribution in [2.75, 3.05) is 12.4 Å². The van der Waals surface area contributed by atoms with E-state index in [0.29, 0.717) is 0 Å². The van der Waals surface area contributed by atoms with Gasteiger partial charge in [-0.3, -0.25) is 9.10 Å². The molecule has 0 bridgehead atoms. The van der Waals surface area contributed by atoms with Crippen LogP contribution in [0.25, 0.3) is 0 Å². The number of sulfonamides is 1. The molecule has 3 rings (SSSR count). The molecule has 0 radical (unpaired) electrons. The molecular formula is C15H15N3O4S. The number of rotatable bonds is 2. The van der Waals surface area contributed by atoms with Crippen molar-refractivity contribution in [1.82, 2.24) is 9.29 Å². The van der Waals surface area contributed by atoms with Gasteiger partial charge in [-0.1, -0.05) is 30.4 Å². The molecule has 0 spiro atoms. The third-order valence-electron chi connectivity index (χ3n) is 3.80. The number of likely N-dealkylation sites (N-methyl/N-ethyl adjacent to an activating group) is 1. The standard InChI is InChI=1S/C15H15N3O4S/c1-18-13(15(20)17-12-8-4-5-9-16-12)14(19)10-6-2-3-7-11(10)23(18,21)22/h2-11,19H,1H3,(H,16,17,20). The van der Waals surface area contributed by atoms with Crippen LogP contribution in [0.4, 0.5) is 5.82 Å². The molecule has 1 aliphatic heterocycles. The first kappa shape index (κ1) is 15.3. The number of nitrogens with zero attached hydrogens (tertiary/aromatic N) is 2. The second-order valence-corrected chi connectivity index (χ2v) is 7.30. The third-order valence-corrected chi connectivity index (χ3v) is 5.89. The minimum absolute atomic E-state index is 0.268. The first-order valence-corrected chi connectivity index (χ1v) is 8.41. The average molecular weight is 333 g/mol. The molecule has 0 fully saturated rings. The van der Waals surface area contributed by atoms with E-state index in [0.717, 1.165) is 4.31 Å². The normalized spacial score (nSPS) is 25.2. The lowest BCUT2D eigenvalue weighted by atomic mass is 9.96. The molecular weight excluding hydrogens is 318 g/mol. The summed E-state index contributed by atoms with van der Waals surface area (Å²) in [5.41, 5.74) is -0.295. The second-order valence-electron chi connectivity index (χ2n) is 5.18. The second kappa shape index (κ2) is 5.54. The van der Waals surface area contributed by atoms with E-state index in [1.807, 2.05) is 0 Å². The highest BCUT2D eigenvalue weighted by Gasteiger charge is 2.45. The van der Waals surface area contributed by atoms with Crippen molar-refractivity contribution >= 4 is 21.7 Å². The first-order chi connectivity index (χ1) is 10.9. The maximum Gasteiger partial charge on any atom is 0.277 e. The summed E-state index contributed by atoms with van der Waals surface area (Å²) in [7, 11) is -2.53. The van der Waals surface area contributed by atoms with Crippen molar-refractivity contribution in [2.24, 2.45) is 5.92 Å². The lowest BCUT2D eigenvalue weighted by molar-refractivity contribution is -0.114. The quantitative estimate of drug-likeness (QED) is 0.846. The van der Waals surface area contributed by atoms with E-state index >= 15 is 0 Å². The molecule has 8 heteroatoms. The van der Waals surface area contributed by atoms with Gasteiger partial charge < -0.3 is 10.4 Å². The van der Waals surface area contributed by atoms with E-state index in [1.165, 1.54) is 19.3 Å². The number of amides is 1. The van der Waals surface area contributed by atoms with E-state index in [1.54, 1.807) is 36.4 Å². The number of anilines is 1. The summed E-state index contributed by atoms with van der Waals surface area (Å²) in [5, 5.41) is 12.0. The van der Waals surface area contributed by atoms with Crippen molar-refractivity contribution in [3.63, 3.8) is 0 Å². The maximum absolute atomic E-state index is 12.6. The Morgan fingerprint density at radius 1 is 1.30 bits per heavy atom. The molecule has 120 valence electrons. The lowest BCUT2D eigenvalue weighted by Gasteiger charge is -2.36. The van der Waals surface area contributed by atoms with E-state index < -0.39 is 27.1 Å². The van der Waals surface area contributed by atoms with Crippen LogP contribution in [0.1, 0.15) is 0 Å². The molecule has 2 N–H and O–H groups in total. The van der Waals surface area contributed by atoms with Crippen LogP contribution >= 0.6 is 0 Å². The molecule has 2 heterocycles. The Kier molecular flexibility index (Phi) is 3.69. The number of aliphatic hydroxyl groups excluding tert-OH is 1. The van der Waals surface area contributed by atoms with Gasteiger partial charge in [0, 0.05) is 13.2 Å². The fourth-order valence-electron chi connectivity index (χ4n) is 2.62. The van der Waals surface area contributed by atoms with Crippen LogP contribution in [-0.4, -0.2) is 41.0 Å². The molecule has 1 aromatic heterocycles. The number of aliphatic hydroxyl groups is 1. The highest BCUT2D eigenvalue weighted by atomic mass is 32.2. The number of hydrogen-bond donors (Lipinski definition) is 2. The lowest BCUT2D eigenvalue weighted by Crippen LogP contribution is -2.47. The van der Waals surface area contributed by atoms with Crippen LogP contribution in [0.15, 0.2) is 60.2 Å². The largest absolute Gasteiger partial charge is 0.509 e. The first-order valence-electron chi connectivity index (χ1n) is 6.91. The Labute approximate surface area is 133 Å². The predicted octanol–water partition coefficient (Wildman–Crippen LogP) is 1.18. The molecule has 1 aromatic rings. The molecule has 7 nitrogen and oxygen atoms in total. The van der Waals surface area contributed by atoms with Crippen LogP contribution < -0.4 is 5.32 Å². The summed E-state index contributed by atoms with van der Waals surface area (Å²) in [4.78, 5) is 16.4. The third kappa shape index (κ3) is 2.50. The van der Waals surface area contributed by atoms with Gasteiger partial charge >= 0.3 is 0 Å².